The monoisotopic (exact) mass is 476 g/mol. The van der Waals surface area contributed by atoms with Crippen LogP contribution < -0.4 is 9.47 Å². The minimum Gasteiger partial charge on any atom is -0.481 e. The van der Waals surface area contributed by atoms with Gasteiger partial charge in [-0.2, -0.15) is 0 Å². The second-order valence-electron chi connectivity index (χ2n) is 7.08. The smallest absolute Gasteiger partial charge is 0.303 e. The van der Waals surface area contributed by atoms with E-state index in [0.29, 0.717) is 17.3 Å². The third kappa shape index (κ3) is 6.58. The van der Waals surface area contributed by atoms with Gasteiger partial charge in [-0.25, -0.2) is 4.98 Å². The van der Waals surface area contributed by atoms with E-state index >= 15 is 0 Å². The van der Waals surface area contributed by atoms with Crippen LogP contribution in [0, 0.1) is 0 Å². The molecule has 10 nitrogen and oxygen atoms in total. The van der Waals surface area contributed by atoms with Gasteiger partial charge in [0.2, 0.25) is 5.88 Å². The molecule has 1 saturated heterocycles. The van der Waals surface area contributed by atoms with Gasteiger partial charge in [-0.3, -0.25) is 19.4 Å². The van der Waals surface area contributed by atoms with Gasteiger partial charge in [-0.1, -0.05) is 0 Å². The van der Waals surface area contributed by atoms with Gasteiger partial charge in [0.1, 0.15) is 5.75 Å². The van der Waals surface area contributed by atoms with E-state index in [9.17, 15) is 14.4 Å². The quantitative estimate of drug-likeness (QED) is 0.432. The van der Waals surface area contributed by atoms with Crippen LogP contribution >= 0.6 is 11.8 Å². The first-order valence-electron chi connectivity index (χ1n) is 10.0. The van der Waals surface area contributed by atoms with Crippen molar-refractivity contribution in [3.8, 4) is 22.9 Å². The van der Waals surface area contributed by atoms with Crippen molar-refractivity contribution in [2.75, 3.05) is 12.9 Å². The molecule has 2 aromatic heterocycles. The second kappa shape index (κ2) is 11.0. The molecule has 1 aliphatic heterocycles. The molecule has 0 unspecified atom stereocenters. The first kappa shape index (κ1) is 24.3. The molecule has 176 valence electrons. The largest absolute Gasteiger partial charge is 0.481 e. The highest BCUT2D eigenvalue weighted by Gasteiger charge is 2.47. The van der Waals surface area contributed by atoms with Crippen molar-refractivity contribution >= 4 is 29.7 Å². The SMILES string of the molecule is COc1ccc(-c2ccc(O[C@@H]3SC[C@@H](OC(C)=O)[C@H](OC(C)=O)[C@H]3OC(C)=O)cn2)cn1. The predicted molar refractivity (Wildman–Crippen MR) is 118 cm³/mol. The summed E-state index contributed by atoms with van der Waals surface area (Å²) >= 11 is 1.27. The van der Waals surface area contributed by atoms with Crippen molar-refractivity contribution in [1.82, 2.24) is 9.97 Å². The summed E-state index contributed by atoms with van der Waals surface area (Å²) in [5.74, 6) is -0.523. The predicted octanol–water partition coefficient (Wildman–Crippen LogP) is 2.40. The lowest BCUT2D eigenvalue weighted by Gasteiger charge is -2.39. The van der Waals surface area contributed by atoms with Crippen LogP contribution in [0.2, 0.25) is 0 Å². The Labute approximate surface area is 194 Å². The summed E-state index contributed by atoms with van der Waals surface area (Å²) in [7, 11) is 1.54. The van der Waals surface area contributed by atoms with Crippen molar-refractivity contribution in [3.05, 3.63) is 36.7 Å². The maximum absolute atomic E-state index is 11.8. The Morgan fingerprint density at radius 1 is 0.879 bits per heavy atom. The summed E-state index contributed by atoms with van der Waals surface area (Å²) in [6, 6.07) is 7.05. The third-order valence-corrected chi connectivity index (χ3v) is 5.75. The number of carbonyl (C=O) groups excluding carboxylic acids is 3. The molecule has 3 heterocycles. The molecule has 1 fully saturated rings. The lowest BCUT2D eigenvalue weighted by Crippen LogP contribution is -2.55. The van der Waals surface area contributed by atoms with Gasteiger partial charge < -0.3 is 23.7 Å². The molecule has 4 atom stereocenters. The van der Waals surface area contributed by atoms with Crippen molar-refractivity contribution < 1.29 is 38.1 Å². The fourth-order valence-corrected chi connectivity index (χ4v) is 4.43. The molecule has 0 saturated carbocycles. The maximum atomic E-state index is 11.8. The molecule has 0 amide bonds. The van der Waals surface area contributed by atoms with Gasteiger partial charge >= 0.3 is 17.9 Å². The van der Waals surface area contributed by atoms with Gasteiger partial charge in [0.25, 0.3) is 0 Å². The Morgan fingerprint density at radius 2 is 1.58 bits per heavy atom. The number of pyridine rings is 2. The zero-order valence-corrected chi connectivity index (χ0v) is 19.4. The highest BCUT2D eigenvalue weighted by Crippen LogP contribution is 2.34. The summed E-state index contributed by atoms with van der Waals surface area (Å²) in [6.07, 6.45) is 0.376. The summed E-state index contributed by atoms with van der Waals surface area (Å²) in [5.41, 5.74) is 0.754. The van der Waals surface area contributed by atoms with E-state index in [2.05, 4.69) is 9.97 Å². The van der Waals surface area contributed by atoms with Crippen molar-refractivity contribution in [3.63, 3.8) is 0 Å². The molecule has 0 aliphatic carbocycles. The normalized spacial score (nSPS) is 22.1. The van der Waals surface area contributed by atoms with Gasteiger partial charge in [-0.15, -0.1) is 11.8 Å². The Kier molecular flexibility index (Phi) is 8.10. The molecule has 0 spiro atoms. The fourth-order valence-electron chi connectivity index (χ4n) is 3.22. The molecular formula is C22H24N2O8S. The van der Waals surface area contributed by atoms with Gasteiger partial charge in [0.05, 0.1) is 19.0 Å². The number of carbonyl (C=O) groups is 3. The van der Waals surface area contributed by atoms with Crippen molar-refractivity contribution in [1.29, 1.82) is 0 Å². The molecule has 33 heavy (non-hydrogen) atoms. The standard InChI is InChI=1S/C22H24N2O8S/c1-12(25)29-18-11-33-22(21(31-14(3)27)20(18)30-13(2)26)32-16-6-7-17(23-10-16)15-5-8-19(28-4)24-9-15/h5-10,18,20-22H,11H2,1-4H3/t18-,20+,21-,22-/m1/s1. The zero-order valence-electron chi connectivity index (χ0n) is 18.5. The Balaban J connectivity index is 1.78. The molecule has 11 heteroatoms. The number of ether oxygens (including phenoxy) is 5. The molecule has 0 aromatic carbocycles. The number of rotatable bonds is 7. The lowest BCUT2D eigenvalue weighted by molar-refractivity contribution is -0.186. The molecule has 0 radical (unpaired) electrons. The number of thioether (sulfide) groups is 1. The second-order valence-corrected chi connectivity index (χ2v) is 8.22. The molecule has 0 N–H and O–H groups in total. The van der Waals surface area contributed by atoms with Crippen LogP contribution in [0.1, 0.15) is 20.8 Å². The van der Waals surface area contributed by atoms with E-state index in [1.54, 1.807) is 31.5 Å². The van der Waals surface area contributed by atoms with E-state index in [0.717, 1.165) is 5.56 Å². The number of esters is 3. The molecule has 3 rings (SSSR count). The number of methoxy groups -OCH3 is 1. The Morgan fingerprint density at radius 3 is 2.12 bits per heavy atom. The van der Waals surface area contributed by atoms with Crippen LogP contribution in [0.3, 0.4) is 0 Å². The van der Waals surface area contributed by atoms with Crippen molar-refractivity contribution in [2.45, 2.75) is 44.5 Å². The highest BCUT2D eigenvalue weighted by atomic mass is 32.2. The van der Waals surface area contributed by atoms with Crippen LogP contribution in [0.25, 0.3) is 11.3 Å². The molecule has 2 aromatic rings. The van der Waals surface area contributed by atoms with Crippen LogP contribution in [0.4, 0.5) is 0 Å². The zero-order chi connectivity index (χ0) is 24.0. The van der Waals surface area contributed by atoms with Crippen LogP contribution in [0.15, 0.2) is 36.7 Å². The minimum absolute atomic E-state index is 0.281. The van der Waals surface area contributed by atoms with E-state index < -0.39 is 41.7 Å². The molecule has 1 aliphatic rings. The van der Waals surface area contributed by atoms with Crippen LogP contribution in [-0.4, -0.2) is 64.5 Å². The fraction of sp³-hybridized carbons (Fsp3) is 0.409. The van der Waals surface area contributed by atoms with E-state index in [-0.39, 0.29) is 5.75 Å². The van der Waals surface area contributed by atoms with Crippen molar-refractivity contribution in [2.24, 2.45) is 0 Å². The first-order valence-corrected chi connectivity index (χ1v) is 11.1. The van der Waals surface area contributed by atoms with Crippen LogP contribution in [-0.2, 0) is 28.6 Å². The number of hydrogen-bond donors (Lipinski definition) is 0. The van der Waals surface area contributed by atoms with E-state index in [4.69, 9.17) is 23.7 Å². The summed E-state index contributed by atoms with van der Waals surface area (Å²) in [4.78, 5) is 43.5. The van der Waals surface area contributed by atoms with E-state index in [1.807, 2.05) is 6.07 Å². The number of nitrogens with zero attached hydrogens (tertiary/aromatic N) is 2. The van der Waals surface area contributed by atoms with Gasteiger partial charge in [0.15, 0.2) is 23.7 Å². The van der Waals surface area contributed by atoms with Gasteiger partial charge in [0, 0.05) is 44.4 Å². The third-order valence-electron chi connectivity index (χ3n) is 4.53. The van der Waals surface area contributed by atoms with Gasteiger partial charge in [-0.05, 0) is 18.2 Å². The van der Waals surface area contributed by atoms with Crippen LogP contribution in [0.5, 0.6) is 11.6 Å². The minimum atomic E-state index is -1.01. The van der Waals surface area contributed by atoms with E-state index in [1.165, 1.54) is 38.7 Å². The molecule has 0 bridgehead atoms. The Bertz CT molecular complexity index is 983. The Hall–Kier alpha value is -3.34. The number of hydrogen-bond acceptors (Lipinski definition) is 11. The number of aromatic nitrogens is 2. The molecular weight excluding hydrogens is 452 g/mol. The maximum Gasteiger partial charge on any atom is 0.303 e. The summed E-state index contributed by atoms with van der Waals surface area (Å²) in [5, 5.41) is 0. The topological polar surface area (TPSA) is 123 Å². The highest BCUT2D eigenvalue weighted by molar-refractivity contribution is 7.99. The average Bonchev–Trinajstić information content (AvgIpc) is 2.77. The lowest BCUT2D eigenvalue weighted by atomic mass is 10.1. The summed E-state index contributed by atoms with van der Waals surface area (Å²) in [6.45, 7) is 3.72. The first-order chi connectivity index (χ1) is 15.8. The summed E-state index contributed by atoms with van der Waals surface area (Å²) < 4.78 is 27.1. The average molecular weight is 477 g/mol.